The second-order valence-electron chi connectivity index (χ2n) is 11.4. The van der Waals surface area contributed by atoms with E-state index in [4.69, 9.17) is 10.8 Å². The van der Waals surface area contributed by atoms with Crippen LogP contribution in [0.25, 0.3) is 0 Å². The summed E-state index contributed by atoms with van der Waals surface area (Å²) in [6.45, 7) is 9.55. The SMILES string of the molecule is CCC1(C(C)CC(N)=O)CCSCC1.CCCCCC.O=C(O)C1CCCCC1C(=O)NCCCCCCS. The Bertz CT molecular complexity index is 653. The fraction of sp³-hybridized carbons (Fsp3) is 0.903. The zero-order chi connectivity index (χ0) is 29.5. The summed E-state index contributed by atoms with van der Waals surface area (Å²) in [5.74, 6) is 1.99. The van der Waals surface area contributed by atoms with E-state index in [9.17, 15) is 14.4 Å². The Balaban J connectivity index is 0.000000631. The highest BCUT2D eigenvalue weighted by Crippen LogP contribution is 2.45. The van der Waals surface area contributed by atoms with Crippen LogP contribution in [0.2, 0.25) is 0 Å². The van der Waals surface area contributed by atoms with Crippen molar-refractivity contribution in [1.29, 1.82) is 0 Å². The third kappa shape index (κ3) is 16.8. The van der Waals surface area contributed by atoms with Gasteiger partial charge in [-0.2, -0.15) is 24.4 Å². The maximum absolute atomic E-state index is 12.0. The number of nitrogens with one attached hydrogen (secondary N) is 1. The Labute approximate surface area is 249 Å². The first-order valence-corrected chi connectivity index (χ1v) is 17.4. The standard InChI is InChI=1S/C14H25NO3S.C11H21NOS.C6H14/c16-13(15-9-5-1-2-6-10-19)11-7-3-4-8-12(11)14(17)18;1-3-11(4-6-14-7-5-11)9(2)8-10(12)13;1-3-5-6-4-2/h11-12,19H,1-10H2,(H,15,16)(H,17,18);9H,3-8H2,1-2H3,(H2,12,13);3-6H2,1-2H3. The topological polar surface area (TPSA) is 109 Å². The van der Waals surface area contributed by atoms with Gasteiger partial charge in [-0.15, -0.1) is 0 Å². The lowest BCUT2D eigenvalue weighted by molar-refractivity contribution is -0.148. The zero-order valence-electron chi connectivity index (χ0n) is 25.5. The molecule has 1 aliphatic heterocycles. The van der Waals surface area contributed by atoms with Crippen LogP contribution >= 0.6 is 24.4 Å². The lowest BCUT2D eigenvalue weighted by Crippen LogP contribution is -2.40. The first kappa shape index (κ1) is 38.1. The number of hydrogen-bond acceptors (Lipinski definition) is 5. The zero-order valence-corrected chi connectivity index (χ0v) is 27.2. The Morgan fingerprint density at radius 3 is 2.00 bits per heavy atom. The van der Waals surface area contributed by atoms with Gasteiger partial charge in [-0.25, -0.2) is 0 Å². The largest absolute Gasteiger partial charge is 0.481 e. The average molecular weight is 589 g/mol. The van der Waals surface area contributed by atoms with Crippen LogP contribution in [0.15, 0.2) is 0 Å². The molecule has 2 fully saturated rings. The molecule has 2 aliphatic rings. The van der Waals surface area contributed by atoms with E-state index in [1.54, 1.807) is 0 Å². The summed E-state index contributed by atoms with van der Waals surface area (Å²) < 4.78 is 0. The van der Waals surface area contributed by atoms with Crippen LogP contribution in [0.1, 0.15) is 130 Å². The number of thioether (sulfide) groups is 1. The molecule has 0 aromatic rings. The second kappa shape index (κ2) is 23.8. The lowest BCUT2D eigenvalue weighted by Gasteiger charge is -2.41. The summed E-state index contributed by atoms with van der Waals surface area (Å²) in [5.41, 5.74) is 5.66. The van der Waals surface area contributed by atoms with Crippen LogP contribution < -0.4 is 11.1 Å². The molecule has 0 aromatic carbocycles. The van der Waals surface area contributed by atoms with Gasteiger partial charge in [-0.05, 0) is 67.1 Å². The number of nitrogens with two attached hydrogens (primary N) is 1. The molecule has 230 valence electrons. The third-order valence-corrected chi connectivity index (χ3v) is 9.81. The number of unbranched alkanes of at least 4 members (excludes halogenated alkanes) is 6. The van der Waals surface area contributed by atoms with Gasteiger partial charge in [0.15, 0.2) is 0 Å². The average Bonchev–Trinajstić information content (AvgIpc) is 2.94. The molecule has 1 aliphatic carbocycles. The van der Waals surface area contributed by atoms with E-state index in [1.165, 1.54) is 56.5 Å². The van der Waals surface area contributed by atoms with Crippen LogP contribution in [0.5, 0.6) is 0 Å². The smallest absolute Gasteiger partial charge is 0.307 e. The predicted octanol–water partition coefficient (Wildman–Crippen LogP) is 7.49. The number of carbonyl (C=O) groups is 3. The Hall–Kier alpha value is -0.890. The molecule has 0 bridgehead atoms. The fourth-order valence-corrected chi connectivity index (χ4v) is 7.19. The summed E-state index contributed by atoms with van der Waals surface area (Å²) in [4.78, 5) is 34.1. The van der Waals surface area contributed by atoms with Gasteiger partial charge in [-0.1, -0.05) is 85.5 Å². The quantitative estimate of drug-likeness (QED) is 0.117. The molecule has 2 rings (SSSR count). The number of amides is 2. The molecular weight excluding hydrogens is 528 g/mol. The number of primary amides is 1. The van der Waals surface area contributed by atoms with Crippen molar-refractivity contribution in [3.63, 3.8) is 0 Å². The van der Waals surface area contributed by atoms with E-state index in [0.717, 1.165) is 44.3 Å². The lowest BCUT2D eigenvalue weighted by atomic mass is 9.68. The minimum atomic E-state index is -0.825. The molecule has 8 heteroatoms. The van der Waals surface area contributed by atoms with Crippen molar-refractivity contribution in [3.05, 3.63) is 0 Å². The van der Waals surface area contributed by atoms with Crippen LogP contribution in [0.4, 0.5) is 0 Å². The van der Waals surface area contributed by atoms with Crippen molar-refractivity contribution >= 4 is 42.2 Å². The maximum Gasteiger partial charge on any atom is 0.307 e. The summed E-state index contributed by atoms with van der Waals surface area (Å²) >= 11 is 6.18. The number of hydrogen-bond donors (Lipinski definition) is 4. The van der Waals surface area contributed by atoms with E-state index in [2.05, 4.69) is 45.6 Å². The number of rotatable bonds is 15. The van der Waals surface area contributed by atoms with E-state index < -0.39 is 11.9 Å². The predicted molar refractivity (Wildman–Crippen MR) is 170 cm³/mol. The third-order valence-electron chi connectivity index (χ3n) is 8.51. The van der Waals surface area contributed by atoms with E-state index in [0.29, 0.717) is 37.1 Å². The van der Waals surface area contributed by atoms with Gasteiger partial charge in [0.05, 0.1) is 11.8 Å². The highest BCUT2D eigenvalue weighted by molar-refractivity contribution is 7.99. The molecule has 4 N–H and O–H groups in total. The summed E-state index contributed by atoms with van der Waals surface area (Å²) in [6.07, 6.45) is 17.3. The van der Waals surface area contributed by atoms with Crippen LogP contribution in [0, 0.1) is 23.2 Å². The summed E-state index contributed by atoms with van der Waals surface area (Å²) in [7, 11) is 0. The number of carboxylic acid groups (broad SMARTS) is 1. The van der Waals surface area contributed by atoms with Gasteiger partial charge in [0.2, 0.25) is 11.8 Å². The van der Waals surface area contributed by atoms with Gasteiger partial charge in [0.25, 0.3) is 0 Å². The minimum absolute atomic E-state index is 0.0682. The van der Waals surface area contributed by atoms with Crippen molar-refractivity contribution < 1.29 is 19.5 Å². The highest BCUT2D eigenvalue weighted by atomic mass is 32.2. The first-order valence-electron chi connectivity index (χ1n) is 15.7. The highest BCUT2D eigenvalue weighted by Gasteiger charge is 2.36. The van der Waals surface area contributed by atoms with Crippen LogP contribution in [-0.2, 0) is 14.4 Å². The number of aliphatic carboxylic acids is 1. The molecule has 0 aromatic heterocycles. The molecule has 6 nitrogen and oxygen atoms in total. The molecular formula is C31H60N2O4S2. The van der Waals surface area contributed by atoms with E-state index in [1.807, 2.05) is 11.8 Å². The van der Waals surface area contributed by atoms with Crippen molar-refractivity contribution in [1.82, 2.24) is 5.32 Å². The van der Waals surface area contributed by atoms with Crippen molar-refractivity contribution in [3.8, 4) is 0 Å². The summed E-state index contributed by atoms with van der Waals surface area (Å²) in [5, 5.41) is 12.0. The molecule has 0 radical (unpaired) electrons. The van der Waals surface area contributed by atoms with Crippen molar-refractivity contribution in [2.75, 3.05) is 23.8 Å². The van der Waals surface area contributed by atoms with E-state index in [-0.39, 0.29) is 17.7 Å². The molecule has 3 atom stereocenters. The van der Waals surface area contributed by atoms with Crippen LogP contribution in [-0.4, -0.2) is 46.7 Å². The maximum atomic E-state index is 12.0. The number of carboxylic acids is 1. The molecule has 0 spiro atoms. The number of carbonyl (C=O) groups excluding carboxylic acids is 2. The van der Waals surface area contributed by atoms with Crippen LogP contribution in [0.3, 0.4) is 0 Å². The Morgan fingerprint density at radius 1 is 0.949 bits per heavy atom. The molecule has 2 amide bonds. The molecule has 3 unspecified atom stereocenters. The summed E-state index contributed by atoms with van der Waals surface area (Å²) in [6, 6.07) is 0. The minimum Gasteiger partial charge on any atom is -0.481 e. The van der Waals surface area contributed by atoms with Gasteiger partial charge in [-0.3, -0.25) is 14.4 Å². The first-order chi connectivity index (χ1) is 18.7. The fourth-order valence-electron chi connectivity index (χ4n) is 5.66. The molecule has 1 saturated heterocycles. The Kier molecular flexibility index (Phi) is 23.2. The second-order valence-corrected chi connectivity index (χ2v) is 13.0. The van der Waals surface area contributed by atoms with Crippen molar-refractivity contribution in [2.45, 2.75) is 130 Å². The molecule has 39 heavy (non-hydrogen) atoms. The van der Waals surface area contributed by atoms with Crippen molar-refractivity contribution in [2.24, 2.45) is 28.9 Å². The van der Waals surface area contributed by atoms with E-state index >= 15 is 0 Å². The van der Waals surface area contributed by atoms with Gasteiger partial charge in [0.1, 0.15) is 0 Å². The van der Waals surface area contributed by atoms with Gasteiger partial charge >= 0.3 is 5.97 Å². The number of thiol groups is 1. The molecule has 1 heterocycles. The van der Waals surface area contributed by atoms with Gasteiger partial charge in [0, 0.05) is 13.0 Å². The monoisotopic (exact) mass is 588 g/mol. The molecule has 1 saturated carbocycles. The Morgan fingerprint density at radius 2 is 1.51 bits per heavy atom. The van der Waals surface area contributed by atoms with Gasteiger partial charge < -0.3 is 16.2 Å². The normalized spacial score (nSPS) is 20.8.